The highest BCUT2D eigenvalue weighted by molar-refractivity contribution is 7.92. The number of nitrogens with zero attached hydrogens (tertiary/aromatic N) is 1. The van der Waals surface area contributed by atoms with Crippen molar-refractivity contribution in [3.8, 4) is 11.6 Å². The van der Waals surface area contributed by atoms with Crippen LogP contribution < -0.4 is 19.5 Å². The van der Waals surface area contributed by atoms with Gasteiger partial charge < -0.3 is 14.8 Å². The van der Waals surface area contributed by atoms with Gasteiger partial charge in [0.15, 0.2) is 0 Å². The van der Waals surface area contributed by atoms with Crippen molar-refractivity contribution >= 4 is 38.9 Å². The average Bonchev–Trinajstić information content (AvgIpc) is 2.75. The molecule has 3 aromatic rings. The Labute approximate surface area is 185 Å². The molecule has 0 unspecified atom stereocenters. The van der Waals surface area contributed by atoms with Crippen LogP contribution in [0.1, 0.15) is 17.3 Å². The molecule has 0 radical (unpaired) electrons. The fourth-order valence-corrected chi connectivity index (χ4v) is 3.91. The quantitative estimate of drug-likeness (QED) is 0.520. The molecular weight excluding hydrogens is 442 g/mol. The molecule has 1 amide bonds. The van der Waals surface area contributed by atoms with Gasteiger partial charge in [0, 0.05) is 11.8 Å². The summed E-state index contributed by atoms with van der Waals surface area (Å²) in [5.74, 6) is 0.448. The van der Waals surface area contributed by atoms with Gasteiger partial charge >= 0.3 is 0 Å². The van der Waals surface area contributed by atoms with Crippen LogP contribution in [0.25, 0.3) is 0 Å². The number of hydrogen-bond acceptors (Lipinski definition) is 6. The van der Waals surface area contributed by atoms with E-state index in [0.717, 1.165) is 0 Å². The van der Waals surface area contributed by atoms with E-state index in [0.29, 0.717) is 29.6 Å². The first-order valence-electron chi connectivity index (χ1n) is 9.19. The number of benzene rings is 2. The normalized spacial score (nSPS) is 10.9. The molecular formula is C21H20ClN3O5S. The van der Waals surface area contributed by atoms with Gasteiger partial charge in [-0.3, -0.25) is 9.52 Å². The highest BCUT2D eigenvalue weighted by Gasteiger charge is 2.19. The Morgan fingerprint density at radius 2 is 1.77 bits per heavy atom. The molecule has 0 saturated carbocycles. The van der Waals surface area contributed by atoms with E-state index in [1.54, 1.807) is 36.4 Å². The zero-order valence-electron chi connectivity index (χ0n) is 16.8. The SMILES string of the molecule is CCOc1ccc(NS(=O)(=O)c2ccc(Cl)c(C(=O)Nc3ccc(OC)nc3)c2)cc1. The van der Waals surface area contributed by atoms with Gasteiger partial charge in [-0.25, -0.2) is 13.4 Å². The second kappa shape index (κ2) is 9.67. The molecule has 1 aromatic heterocycles. The van der Waals surface area contributed by atoms with Crippen molar-refractivity contribution in [2.24, 2.45) is 0 Å². The predicted octanol–water partition coefficient (Wildman–Crippen LogP) is 4.20. The minimum Gasteiger partial charge on any atom is -0.494 e. The Morgan fingerprint density at radius 3 is 2.39 bits per heavy atom. The first-order chi connectivity index (χ1) is 14.8. The molecule has 0 aliphatic heterocycles. The summed E-state index contributed by atoms with van der Waals surface area (Å²) in [4.78, 5) is 16.5. The molecule has 162 valence electrons. The van der Waals surface area contributed by atoms with Crippen molar-refractivity contribution in [2.45, 2.75) is 11.8 Å². The molecule has 0 spiro atoms. The Hall–Kier alpha value is -3.30. The lowest BCUT2D eigenvalue weighted by Crippen LogP contribution is -2.16. The van der Waals surface area contributed by atoms with Gasteiger partial charge in [0.2, 0.25) is 5.88 Å². The van der Waals surface area contributed by atoms with E-state index in [1.807, 2.05) is 6.92 Å². The summed E-state index contributed by atoms with van der Waals surface area (Å²) < 4.78 is 38.4. The molecule has 31 heavy (non-hydrogen) atoms. The number of sulfonamides is 1. The largest absolute Gasteiger partial charge is 0.494 e. The fraction of sp³-hybridized carbons (Fsp3) is 0.143. The van der Waals surface area contributed by atoms with E-state index in [-0.39, 0.29) is 15.5 Å². The molecule has 3 rings (SSSR count). The number of anilines is 2. The van der Waals surface area contributed by atoms with Crippen molar-refractivity contribution in [2.75, 3.05) is 23.8 Å². The summed E-state index contributed by atoms with van der Waals surface area (Å²) in [6.45, 7) is 2.36. The van der Waals surface area contributed by atoms with Crippen molar-refractivity contribution in [3.05, 3.63) is 71.4 Å². The van der Waals surface area contributed by atoms with Crippen molar-refractivity contribution in [3.63, 3.8) is 0 Å². The number of methoxy groups -OCH3 is 1. The first-order valence-corrected chi connectivity index (χ1v) is 11.0. The molecule has 0 aliphatic rings. The van der Waals surface area contributed by atoms with Crippen LogP contribution in [0, 0.1) is 0 Å². The van der Waals surface area contributed by atoms with Crippen molar-refractivity contribution < 1.29 is 22.7 Å². The van der Waals surface area contributed by atoms with E-state index in [2.05, 4.69) is 15.0 Å². The number of ether oxygens (including phenoxy) is 2. The van der Waals surface area contributed by atoms with E-state index in [9.17, 15) is 13.2 Å². The lowest BCUT2D eigenvalue weighted by Gasteiger charge is -2.12. The van der Waals surface area contributed by atoms with Crippen molar-refractivity contribution in [1.82, 2.24) is 4.98 Å². The van der Waals surface area contributed by atoms with Gasteiger partial charge in [-0.15, -0.1) is 0 Å². The Morgan fingerprint density at radius 1 is 1.06 bits per heavy atom. The molecule has 8 nitrogen and oxygen atoms in total. The number of rotatable bonds is 8. The molecule has 2 N–H and O–H groups in total. The van der Waals surface area contributed by atoms with E-state index in [4.69, 9.17) is 21.1 Å². The smallest absolute Gasteiger partial charge is 0.261 e. The van der Waals surface area contributed by atoms with Gasteiger partial charge in [-0.2, -0.15) is 0 Å². The highest BCUT2D eigenvalue weighted by Crippen LogP contribution is 2.24. The number of pyridine rings is 1. The van der Waals surface area contributed by atoms with Crippen LogP contribution in [-0.4, -0.2) is 33.0 Å². The third kappa shape index (κ3) is 5.65. The predicted molar refractivity (Wildman–Crippen MR) is 119 cm³/mol. The van der Waals surface area contributed by atoms with E-state index < -0.39 is 15.9 Å². The summed E-state index contributed by atoms with van der Waals surface area (Å²) in [6.07, 6.45) is 1.42. The fourth-order valence-electron chi connectivity index (χ4n) is 2.62. The summed E-state index contributed by atoms with van der Waals surface area (Å²) in [5.41, 5.74) is 0.767. The number of nitrogens with one attached hydrogen (secondary N) is 2. The van der Waals surface area contributed by atoms with Crippen LogP contribution >= 0.6 is 11.6 Å². The Bertz CT molecular complexity index is 1170. The Kier molecular flexibility index (Phi) is 6.98. The van der Waals surface area contributed by atoms with Crippen LogP contribution in [0.15, 0.2) is 65.7 Å². The zero-order chi connectivity index (χ0) is 22.4. The number of aromatic nitrogens is 1. The second-order valence-electron chi connectivity index (χ2n) is 6.25. The van der Waals surface area contributed by atoms with Gasteiger partial charge in [-0.1, -0.05) is 11.6 Å². The molecule has 0 fully saturated rings. The minimum atomic E-state index is -3.95. The number of carbonyl (C=O) groups excluding carboxylic acids is 1. The second-order valence-corrected chi connectivity index (χ2v) is 8.34. The summed E-state index contributed by atoms with van der Waals surface area (Å²) >= 11 is 6.14. The van der Waals surface area contributed by atoms with E-state index >= 15 is 0 Å². The van der Waals surface area contributed by atoms with Gasteiger partial charge in [0.05, 0.1) is 41.1 Å². The molecule has 0 aliphatic carbocycles. The summed E-state index contributed by atoms with van der Waals surface area (Å²) in [7, 11) is -2.47. The monoisotopic (exact) mass is 461 g/mol. The van der Waals surface area contributed by atoms with E-state index in [1.165, 1.54) is 31.5 Å². The van der Waals surface area contributed by atoms with Crippen LogP contribution in [-0.2, 0) is 10.0 Å². The first kappa shape index (κ1) is 22.4. The lowest BCUT2D eigenvalue weighted by molar-refractivity contribution is 0.102. The molecule has 10 heteroatoms. The highest BCUT2D eigenvalue weighted by atomic mass is 35.5. The summed E-state index contributed by atoms with van der Waals surface area (Å²) in [5, 5.41) is 2.74. The standard InChI is InChI=1S/C21H20ClN3O5S/c1-3-30-16-7-4-14(5-8-16)25-31(27,28)17-9-10-19(22)18(12-17)21(26)24-15-6-11-20(29-2)23-13-15/h4-13,25H,3H2,1-2H3,(H,24,26). The molecule has 1 heterocycles. The Balaban J connectivity index is 1.80. The summed E-state index contributed by atoms with van der Waals surface area (Å²) in [6, 6.07) is 13.6. The van der Waals surface area contributed by atoms with Gasteiger partial charge in [-0.05, 0) is 55.5 Å². The van der Waals surface area contributed by atoms with Gasteiger partial charge in [0.1, 0.15) is 5.75 Å². The third-order valence-electron chi connectivity index (χ3n) is 4.11. The number of halogens is 1. The molecule has 0 bridgehead atoms. The third-order valence-corrected chi connectivity index (χ3v) is 5.82. The molecule has 0 saturated heterocycles. The number of carbonyl (C=O) groups is 1. The van der Waals surface area contributed by atoms with Crippen LogP contribution in [0.5, 0.6) is 11.6 Å². The number of amides is 1. The van der Waals surface area contributed by atoms with Crippen LogP contribution in [0.2, 0.25) is 5.02 Å². The van der Waals surface area contributed by atoms with Crippen molar-refractivity contribution in [1.29, 1.82) is 0 Å². The molecule has 0 atom stereocenters. The topological polar surface area (TPSA) is 107 Å². The minimum absolute atomic E-state index is 0.00653. The maximum absolute atomic E-state index is 12.8. The van der Waals surface area contributed by atoms with Crippen LogP contribution in [0.4, 0.5) is 11.4 Å². The lowest BCUT2D eigenvalue weighted by atomic mass is 10.2. The maximum Gasteiger partial charge on any atom is 0.261 e. The number of hydrogen-bond donors (Lipinski definition) is 2. The van der Waals surface area contributed by atoms with Gasteiger partial charge in [0.25, 0.3) is 15.9 Å². The van der Waals surface area contributed by atoms with Crippen LogP contribution in [0.3, 0.4) is 0 Å². The zero-order valence-corrected chi connectivity index (χ0v) is 18.3. The maximum atomic E-state index is 12.8. The molecule has 2 aromatic carbocycles. The average molecular weight is 462 g/mol.